The number of carbonyl (C=O) groups excluding carboxylic acids is 2. The van der Waals surface area contributed by atoms with Gasteiger partial charge in [0.15, 0.2) is 5.69 Å². The maximum Gasteiger partial charge on any atom is 0.274 e. The SMILES string of the molecule is CCc1ccc(NC(=O)C2CCN(C(=O)c3ncn4c3COC(c3ccccc3)C4)CC2)cc1. The van der Waals surface area contributed by atoms with Crippen molar-refractivity contribution >= 4 is 17.5 Å². The molecule has 1 fully saturated rings. The highest BCUT2D eigenvalue weighted by atomic mass is 16.5. The van der Waals surface area contributed by atoms with Gasteiger partial charge < -0.3 is 19.5 Å². The summed E-state index contributed by atoms with van der Waals surface area (Å²) in [6, 6.07) is 18.1. The van der Waals surface area contributed by atoms with Crippen LogP contribution in [0.1, 0.15) is 53.2 Å². The molecule has 3 heterocycles. The largest absolute Gasteiger partial charge is 0.365 e. The van der Waals surface area contributed by atoms with Gasteiger partial charge in [-0.2, -0.15) is 0 Å². The van der Waals surface area contributed by atoms with E-state index in [0.29, 0.717) is 44.8 Å². The van der Waals surface area contributed by atoms with E-state index >= 15 is 0 Å². The third-order valence-electron chi connectivity index (χ3n) is 6.89. The fraction of sp³-hybridized carbons (Fsp3) is 0.370. The van der Waals surface area contributed by atoms with E-state index in [2.05, 4.69) is 29.4 Å². The standard InChI is InChI=1S/C27H30N4O3/c1-2-19-8-10-22(11-9-19)29-26(32)21-12-14-30(15-13-21)27(33)25-23-17-34-24(16-31(23)18-28-25)20-6-4-3-5-7-20/h3-11,18,21,24H,2,12-17H2,1H3,(H,29,32). The lowest BCUT2D eigenvalue weighted by atomic mass is 9.95. The molecule has 2 aliphatic rings. The van der Waals surface area contributed by atoms with Crippen LogP contribution in [0.15, 0.2) is 60.9 Å². The minimum atomic E-state index is -0.0965. The number of rotatable bonds is 5. The molecule has 1 N–H and O–H groups in total. The second-order valence-corrected chi connectivity index (χ2v) is 9.01. The fourth-order valence-electron chi connectivity index (χ4n) is 4.74. The maximum atomic E-state index is 13.2. The Hall–Kier alpha value is -3.45. The number of amides is 2. The number of likely N-dealkylation sites (tertiary alicyclic amines) is 1. The zero-order valence-electron chi connectivity index (χ0n) is 19.4. The Morgan fingerprint density at radius 3 is 2.50 bits per heavy atom. The Balaban J connectivity index is 1.17. The molecular weight excluding hydrogens is 428 g/mol. The summed E-state index contributed by atoms with van der Waals surface area (Å²) >= 11 is 0. The normalized spacial score (nSPS) is 18.4. The van der Waals surface area contributed by atoms with E-state index in [0.717, 1.165) is 23.4 Å². The lowest BCUT2D eigenvalue weighted by Crippen LogP contribution is -2.42. The average molecular weight is 459 g/mol. The van der Waals surface area contributed by atoms with Crippen molar-refractivity contribution in [3.63, 3.8) is 0 Å². The molecule has 1 unspecified atom stereocenters. The van der Waals surface area contributed by atoms with E-state index in [-0.39, 0.29) is 23.8 Å². The van der Waals surface area contributed by atoms with Crippen molar-refractivity contribution in [3.05, 3.63) is 83.4 Å². The zero-order chi connectivity index (χ0) is 23.5. The minimum Gasteiger partial charge on any atom is -0.365 e. The Bertz CT molecular complexity index is 1150. The van der Waals surface area contributed by atoms with Crippen molar-refractivity contribution < 1.29 is 14.3 Å². The van der Waals surface area contributed by atoms with Crippen molar-refractivity contribution in [2.45, 2.75) is 45.4 Å². The summed E-state index contributed by atoms with van der Waals surface area (Å²) in [5.41, 5.74) is 4.47. The van der Waals surface area contributed by atoms with Gasteiger partial charge in [0.2, 0.25) is 5.91 Å². The van der Waals surface area contributed by atoms with E-state index in [4.69, 9.17) is 4.74 Å². The van der Waals surface area contributed by atoms with Crippen LogP contribution in [0.25, 0.3) is 0 Å². The van der Waals surface area contributed by atoms with Crippen LogP contribution in [0, 0.1) is 5.92 Å². The fourth-order valence-corrected chi connectivity index (χ4v) is 4.74. The van der Waals surface area contributed by atoms with Crippen LogP contribution in [-0.4, -0.2) is 39.4 Å². The van der Waals surface area contributed by atoms with Gasteiger partial charge in [0.1, 0.15) is 6.10 Å². The van der Waals surface area contributed by atoms with Crippen molar-refractivity contribution in [2.24, 2.45) is 5.92 Å². The molecule has 0 spiro atoms. The Morgan fingerprint density at radius 2 is 1.79 bits per heavy atom. The smallest absolute Gasteiger partial charge is 0.274 e. The Morgan fingerprint density at radius 1 is 1.06 bits per heavy atom. The number of fused-ring (bicyclic) bond motifs is 1. The quantitative estimate of drug-likeness (QED) is 0.622. The van der Waals surface area contributed by atoms with Crippen LogP contribution in [0.4, 0.5) is 5.69 Å². The first-order chi connectivity index (χ1) is 16.6. The number of nitrogens with zero attached hydrogens (tertiary/aromatic N) is 3. The number of nitrogens with one attached hydrogen (secondary N) is 1. The van der Waals surface area contributed by atoms with Gasteiger partial charge in [0.05, 0.1) is 25.2 Å². The van der Waals surface area contributed by atoms with Crippen molar-refractivity contribution in [2.75, 3.05) is 18.4 Å². The highest BCUT2D eigenvalue weighted by Crippen LogP contribution is 2.29. The second-order valence-electron chi connectivity index (χ2n) is 9.01. The molecule has 0 saturated carbocycles. The number of hydrogen-bond donors (Lipinski definition) is 1. The molecule has 2 amide bonds. The van der Waals surface area contributed by atoms with Crippen molar-refractivity contribution in [3.8, 4) is 0 Å². The van der Waals surface area contributed by atoms with Gasteiger partial charge >= 0.3 is 0 Å². The van der Waals surface area contributed by atoms with Gasteiger partial charge in [-0.3, -0.25) is 9.59 Å². The molecule has 3 aromatic rings. The van der Waals surface area contributed by atoms with Crippen LogP contribution < -0.4 is 5.32 Å². The summed E-state index contributed by atoms with van der Waals surface area (Å²) in [6.45, 7) is 4.20. The topological polar surface area (TPSA) is 76.5 Å². The molecular formula is C27H30N4O3. The highest BCUT2D eigenvalue weighted by molar-refractivity contribution is 5.95. The molecule has 2 aliphatic heterocycles. The van der Waals surface area contributed by atoms with E-state index in [1.165, 1.54) is 5.56 Å². The molecule has 7 heteroatoms. The Labute approximate surface area is 199 Å². The summed E-state index contributed by atoms with van der Waals surface area (Å²) in [6.07, 6.45) is 3.96. The number of aromatic nitrogens is 2. The second kappa shape index (κ2) is 9.81. The molecule has 1 aromatic heterocycles. The molecule has 7 nitrogen and oxygen atoms in total. The van der Waals surface area contributed by atoms with Gasteiger partial charge in [-0.25, -0.2) is 4.98 Å². The van der Waals surface area contributed by atoms with Crippen LogP contribution in [0.3, 0.4) is 0 Å². The van der Waals surface area contributed by atoms with E-state index < -0.39 is 0 Å². The van der Waals surface area contributed by atoms with Gasteiger partial charge in [-0.15, -0.1) is 0 Å². The summed E-state index contributed by atoms with van der Waals surface area (Å²) in [7, 11) is 0. The van der Waals surface area contributed by atoms with E-state index in [1.54, 1.807) is 6.33 Å². The number of ether oxygens (including phenoxy) is 1. The maximum absolute atomic E-state index is 13.2. The molecule has 0 bridgehead atoms. The number of piperidine rings is 1. The summed E-state index contributed by atoms with van der Waals surface area (Å²) in [5, 5.41) is 3.02. The van der Waals surface area contributed by atoms with E-state index in [1.807, 2.05) is 51.9 Å². The van der Waals surface area contributed by atoms with Crippen LogP contribution in [-0.2, 0) is 29.1 Å². The number of imidazole rings is 1. The summed E-state index contributed by atoms with van der Waals surface area (Å²) in [5.74, 6) is -0.152. The number of carbonyl (C=O) groups is 2. The molecule has 1 saturated heterocycles. The molecule has 1 atom stereocenters. The Kier molecular flexibility index (Phi) is 6.45. The number of hydrogen-bond acceptors (Lipinski definition) is 4. The van der Waals surface area contributed by atoms with Gasteiger partial charge in [0, 0.05) is 24.7 Å². The third-order valence-corrected chi connectivity index (χ3v) is 6.89. The lowest BCUT2D eigenvalue weighted by molar-refractivity contribution is -0.121. The van der Waals surface area contributed by atoms with Crippen LogP contribution >= 0.6 is 0 Å². The molecule has 0 aliphatic carbocycles. The molecule has 5 rings (SSSR count). The number of benzene rings is 2. The van der Waals surface area contributed by atoms with Gasteiger partial charge in [0.25, 0.3) is 5.91 Å². The van der Waals surface area contributed by atoms with Gasteiger partial charge in [-0.1, -0.05) is 49.4 Å². The van der Waals surface area contributed by atoms with Crippen molar-refractivity contribution in [1.29, 1.82) is 0 Å². The van der Waals surface area contributed by atoms with E-state index in [9.17, 15) is 9.59 Å². The predicted molar refractivity (Wildman–Crippen MR) is 129 cm³/mol. The average Bonchev–Trinajstić information content (AvgIpc) is 3.32. The van der Waals surface area contributed by atoms with Crippen molar-refractivity contribution in [1.82, 2.24) is 14.5 Å². The molecule has 0 radical (unpaired) electrons. The molecule has 34 heavy (non-hydrogen) atoms. The molecule has 2 aromatic carbocycles. The number of anilines is 1. The predicted octanol–water partition coefficient (Wildman–Crippen LogP) is 4.21. The van der Waals surface area contributed by atoms with Gasteiger partial charge in [-0.05, 0) is 42.5 Å². The number of aryl methyl sites for hydroxylation is 1. The first kappa shape index (κ1) is 22.3. The third kappa shape index (κ3) is 4.61. The zero-order valence-corrected chi connectivity index (χ0v) is 19.4. The highest BCUT2D eigenvalue weighted by Gasteiger charge is 2.32. The van der Waals surface area contributed by atoms with Crippen LogP contribution in [0.5, 0.6) is 0 Å². The summed E-state index contributed by atoms with van der Waals surface area (Å²) < 4.78 is 8.09. The monoisotopic (exact) mass is 458 g/mol. The first-order valence-corrected chi connectivity index (χ1v) is 12.0. The molecule has 176 valence electrons. The first-order valence-electron chi connectivity index (χ1n) is 12.0. The van der Waals surface area contributed by atoms with Crippen LogP contribution in [0.2, 0.25) is 0 Å². The summed E-state index contributed by atoms with van der Waals surface area (Å²) in [4.78, 5) is 32.2. The lowest BCUT2D eigenvalue weighted by Gasteiger charge is -2.31. The minimum absolute atomic E-state index is 0.0241.